The van der Waals surface area contributed by atoms with Gasteiger partial charge in [-0.05, 0) is 48.6 Å². The van der Waals surface area contributed by atoms with Gasteiger partial charge in [-0.2, -0.15) is 26.3 Å². The molecule has 2 saturated heterocycles. The van der Waals surface area contributed by atoms with Gasteiger partial charge in [0.1, 0.15) is 0 Å². The fourth-order valence-electron chi connectivity index (χ4n) is 5.65. The van der Waals surface area contributed by atoms with Gasteiger partial charge >= 0.3 is 12.4 Å². The van der Waals surface area contributed by atoms with E-state index in [0.717, 1.165) is 29.8 Å². The molecule has 0 radical (unpaired) electrons. The molecule has 3 heterocycles. The average molecular weight is 510 g/mol. The number of nitrogens with one attached hydrogen (secondary N) is 1. The SMILES string of the molecule is Cn1nncc1C1C[C@]2(c3ccccc3)NC1CCC2OCc1cc(C(F)(F)F)cc(C(F)(F)F)c1. The molecular formula is C25H24F6N4O. The van der Waals surface area contributed by atoms with Crippen LogP contribution in [0.25, 0.3) is 0 Å². The standard InChI is InChI=1S/C25H24F6N4O/c1-35-21(13-32-34-35)19-12-23(16-5-3-2-4-6-16)22(8-7-20(19)33-23)36-14-15-9-17(24(26,27)28)11-18(10-15)25(29,30)31/h2-6,9-11,13,19-20,22,33H,7-8,12,14H2,1H3/t19?,20?,22?,23-/m1/s1. The monoisotopic (exact) mass is 510 g/mol. The first kappa shape index (κ1) is 24.8. The average Bonchev–Trinajstić information content (AvgIpc) is 3.39. The number of alkyl halides is 6. The quantitative estimate of drug-likeness (QED) is 0.456. The maximum absolute atomic E-state index is 13.3. The second-order valence-corrected chi connectivity index (χ2v) is 9.47. The van der Waals surface area contributed by atoms with Crippen LogP contribution in [0.2, 0.25) is 0 Å². The second-order valence-electron chi connectivity index (χ2n) is 9.47. The molecule has 5 rings (SSSR count). The molecule has 5 nitrogen and oxygen atoms in total. The Labute approximate surface area is 203 Å². The van der Waals surface area contributed by atoms with E-state index in [9.17, 15) is 26.3 Å². The molecule has 2 bridgehead atoms. The maximum Gasteiger partial charge on any atom is 0.416 e. The van der Waals surface area contributed by atoms with Crippen molar-refractivity contribution in [2.75, 3.05) is 0 Å². The van der Waals surface area contributed by atoms with Crippen LogP contribution in [0.3, 0.4) is 0 Å². The summed E-state index contributed by atoms with van der Waals surface area (Å²) in [5.74, 6) is 0.0733. The molecule has 36 heavy (non-hydrogen) atoms. The zero-order chi connectivity index (χ0) is 25.7. The van der Waals surface area contributed by atoms with Gasteiger partial charge in [0.2, 0.25) is 0 Å². The van der Waals surface area contributed by atoms with E-state index >= 15 is 0 Å². The summed E-state index contributed by atoms with van der Waals surface area (Å²) in [5, 5.41) is 11.7. The van der Waals surface area contributed by atoms with E-state index in [4.69, 9.17) is 4.74 Å². The van der Waals surface area contributed by atoms with Crippen LogP contribution in [0.15, 0.2) is 54.7 Å². The molecule has 4 atom stereocenters. The molecule has 11 heteroatoms. The van der Waals surface area contributed by atoms with Crippen molar-refractivity contribution in [2.45, 2.75) is 61.8 Å². The van der Waals surface area contributed by atoms with Crippen molar-refractivity contribution in [3.05, 3.63) is 82.7 Å². The topological polar surface area (TPSA) is 52.0 Å². The summed E-state index contributed by atoms with van der Waals surface area (Å²) >= 11 is 0. The van der Waals surface area contributed by atoms with Crippen molar-refractivity contribution in [3.63, 3.8) is 0 Å². The highest BCUT2D eigenvalue weighted by molar-refractivity contribution is 5.35. The molecule has 0 spiro atoms. The minimum absolute atomic E-state index is 0.0733. The van der Waals surface area contributed by atoms with E-state index in [1.165, 1.54) is 0 Å². The van der Waals surface area contributed by atoms with Gasteiger partial charge in [0, 0.05) is 19.0 Å². The highest BCUT2D eigenvalue weighted by atomic mass is 19.4. The fraction of sp³-hybridized carbons (Fsp3) is 0.440. The van der Waals surface area contributed by atoms with Crippen molar-refractivity contribution in [3.8, 4) is 0 Å². The first-order valence-corrected chi connectivity index (χ1v) is 11.5. The summed E-state index contributed by atoms with van der Waals surface area (Å²) in [7, 11) is 1.82. The number of ether oxygens (including phenoxy) is 1. The van der Waals surface area contributed by atoms with E-state index in [-0.39, 0.29) is 30.2 Å². The molecule has 2 fully saturated rings. The van der Waals surface area contributed by atoms with E-state index < -0.39 is 35.1 Å². The number of aromatic nitrogens is 3. The summed E-state index contributed by atoms with van der Waals surface area (Å²) in [6.45, 7) is -0.378. The number of hydrogen-bond acceptors (Lipinski definition) is 4. The molecule has 2 aliphatic heterocycles. The molecule has 0 saturated carbocycles. The highest BCUT2D eigenvalue weighted by Gasteiger charge is 2.55. The molecule has 192 valence electrons. The third-order valence-corrected chi connectivity index (χ3v) is 7.28. The Morgan fingerprint density at radius 1 is 1.00 bits per heavy atom. The zero-order valence-corrected chi connectivity index (χ0v) is 19.3. The summed E-state index contributed by atoms with van der Waals surface area (Å²) in [4.78, 5) is 0. The Balaban J connectivity index is 1.46. The predicted molar refractivity (Wildman–Crippen MR) is 118 cm³/mol. The number of hydrogen-bond donors (Lipinski definition) is 1. The number of rotatable bonds is 5. The van der Waals surface area contributed by atoms with Crippen LogP contribution in [-0.4, -0.2) is 27.1 Å². The third kappa shape index (κ3) is 4.50. The normalized spacial score (nSPS) is 26.4. The number of fused-ring (bicyclic) bond motifs is 2. The van der Waals surface area contributed by atoms with Crippen molar-refractivity contribution in [1.29, 1.82) is 0 Å². The molecular weight excluding hydrogens is 486 g/mol. The van der Waals surface area contributed by atoms with Gasteiger partial charge in [0.25, 0.3) is 0 Å². The van der Waals surface area contributed by atoms with Crippen LogP contribution >= 0.6 is 0 Å². The first-order chi connectivity index (χ1) is 17.0. The van der Waals surface area contributed by atoms with Crippen LogP contribution < -0.4 is 5.32 Å². The smallest absolute Gasteiger partial charge is 0.371 e. The maximum atomic E-state index is 13.3. The largest absolute Gasteiger partial charge is 0.416 e. The van der Waals surface area contributed by atoms with Gasteiger partial charge < -0.3 is 10.1 Å². The minimum Gasteiger partial charge on any atom is -0.371 e. The number of piperidine rings is 1. The zero-order valence-electron chi connectivity index (χ0n) is 19.3. The lowest BCUT2D eigenvalue weighted by atomic mass is 9.79. The molecule has 2 aliphatic rings. The van der Waals surface area contributed by atoms with Gasteiger partial charge in [0.15, 0.2) is 0 Å². The van der Waals surface area contributed by atoms with E-state index in [2.05, 4.69) is 15.6 Å². The van der Waals surface area contributed by atoms with Gasteiger partial charge in [-0.15, -0.1) is 5.10 Å². The van der Waals surface area contributed by atoms with Crippen LogP contribution in [-0.2, 0) is 36.3 Å². The Kier molecular flexibility index (Phi) is 6.11. The summed E-state index contributed by atoms with van der Waals surface area (Å²) in [6.07, 6.45) is -6.60. The lowest BCUT2D eigenvalue weighted by molar-refractivity contribution is -0.143. The third-order valence-electron chi connectivity index (χ3n) is 7.28. The van der Waals surface area contributed by atoms with Crippen LogP contribution in [0.1, 0.15) is 53.1 Å². The van der Waals surface area contributed by atoms with E-state index in [1.54, 1.807) is 10.9 Å². The van der Waals surface area contributed by atoms with Crippen LogP contribution in [0.4, 0.5) is 26.3 Å². The Morgan fingerprint density at radius 3 is 2.25 bits per heavy atom. The Bertz CT molecular complexity index is 1190. The van der Waals surface area contributed by atoms with Crippen LogP contribution in [0, 0.1) is 0 Å². The molecule has 0 aliphatic carbocycles. The molecule has 1 aromatic heterocycles. The van der Waals surface area contributed by atoms with Gasteiger partial charge in [-0.1, -0.05) is 35.5 Å². The lowest BCUT2D eigenvalue weighted by Crippen LogP contribution is -2.54. The number of aryl methyl sites for hydroxylation is 1. The predicted octanol–water partition coefficient (Wildman–Crippen LogP) is 5.57. The fourth-order valence-corrected chi connectivity index (χ4v) is 5.65. The van der Waals surface area contributed by atoms with E-state index in [0.29, 0.717) is 12.8 Å². The molecule has 3 unspecified atom stereocenters. The summed E-state index contributed by atoms with van der Waals surface area (Å²) in [5.41, 5.74) is -1.61. The highest BCUT2D eigenvalue weighted by Crippen LogP contribution is 2.51. The summed E-state index contributed by atoms with van der Waals surface area (Å²) < 4.78 is 87.8. The van der Waals surface area contributed by atoms with Crippen molar-refractivity contribution in [2.24, 2.45) is 7.05 Å². The van der Waals surface area contributed by atoms with Crippen molar-refractivity contribution in [1.82, 2.24) is 20.3 Å². The van der Waals surface area contributed by atoms with Crippen molar-refractivity contribution < 1.29 is 31.1 Å². The Morgan fingerprint density at radius 2 is 1.67 bits per heavy atom. The van der Waals surface area contributed by atoms with E-state index in [1.807, 2.05) is 37.4 Å². The van der Waals surface area contributed by atoms with Crippen LogP contribution in [0.5, 0.6) is 0 Å². The number of benzene rings is 2. The van der Waals surface area contributed by atoms with Gasteiger partial charge in [-0.25, -0.2) is 0 Å². The van der Waals surface area contributed by atoms with Gasteiger partial charge in [-0.3, -0.25) is 4.68 Å². The Hall–Kier alpha value is -2.92. The minimum atomic E-state index is -4.91. The first-order valence-electron chi connectivity index (χ1n) is 11.5. The molecule has 0 amide bonds. The molecule has 2 aromatic carbocycles. The summed E-state index contributed by atoms with van der Waals surface area (Å²) in [6, 6.07) is 11.3. The molecule has 1 N–H and O–H groups in total. The van der Waals surface area contributed by atoms with Gasteiger partial charge in [0.05, 0.1) is 41.3 Å². The number of halogens is 6. The number of nitrogens with zero attached hydrogens (tertiary/aromatic N) is 3. The van der Waals surface area contributed by atoms with Crippen molar-refractivity contribution >= 4 is 0 Å². The second kappa shape index (κ2) is 8.88. The molecule has 3 aromatic rings. The lowest BCUT2D eigenvalue weighted by Gasteiger charge is -2.42.